The van der Waals surface area contributed by atoms with Crippen LogP contribution in [0.25, 0.3) is 0 Å². The molecule has 1 rings (SSSR count). The molecule has 3 nitrogen and oxygen atoms in total. The largest absolute Gasteiger partial charge is 0.345 e. The molecular formula is C11H19NO2. The molecule has 1 fully saturated rings. The van der Waals surface area contributed by atoms with Crippen molar-refractivity contribution in [2.45, 2.75) is 33.6 Å². The summed E-state index contributed by atoms with van der Waals surface area (Å²) >= 11 is 0. The van der Waals surface area contributed by atoms with Crippen LogP contribution in [0.5, 0.6) is 0 Å². The molecule has 14 heavy (non-hydrogen) atoms. The molecule has 1 aliphatic rings. The van der Waals surface area contributed by atoms with Crippen molar-refractivity contribution >= 4 is 12.2 Å². The molecule has 0 radical (unpaired) electrons. The van der Waals surface area contributed by atoms with Crippen molar-refractivity contribution in [2.75, 3.05) is 13.1 Å². The van der Waals surface area contributed by atoms with Crippen molar-refractivity contribution in [3.8, 4) is 0 Å². The summed E-state index contributed by atoms with van der Waals surface area (Å²) in [4.78, 5) is 24.1. The SMILES string of the molecule is CC(C)(C)C(=O)C1CCN(C=O)CC1. The minimum absolute atomic E-state index is 0.159. The molecule has 0 unspecified atom stereocenters. The highest BCUT2D eigenvalue weighted by Crippen LogP contribution is 2.26. The summed E-state index contributed by atoms with van der Waals surface area (Å²) in [6, 6.07) is 0. The highest BCUT2D eigenvalue weighted by Gasteiger charge is 2.31. The average molecular weight is 197 g/mol. The third-order valence-electron chi connectivity index (χ3n) is 2.79. The van der Waals surface area contributed by atoms with E-state index in [0.29, 0.717) is 5.78 Å². The quantitative estimate of drug-likeness (QED) is 0.629. The number of carbonyl (C=O) groups excluding carboxylic acids is 2. The van der Waals surface area contributed by atoms with Crippen molar-refractivity contribution in [1.29, 1.82) is 0 Å². The first-order chi connectivity index (χ1) is 6.45. The van der Waals surface area contributed by atoms with Gasteiger partial charge >= 0.3 is 0 Å². The molecule has 1 saturated heterocycles. The van der Waals surface area contributed by atoms with Crippen LogP contribution in [-0.4, -0.2) is 30.2 Å². The highest BCUT2D eigenvalue weighted by atomic mass is 16.1. The Morgan fingerprint density at radius 3 is 2.14 bits per heavy atom. The summed E-state index contributed by atoms with van der Waals surface area (Å²) in [5.74, 6) is 0.495. The summed E-state index contributed by atoms with van der Waals surface area (Å²) in [5, 5.41) is 0. The zero-order valence-electron chi connectivity index (χ0n) is 9.25. The van der Waals surface area contributed by atoms with Crippen LogP contribution in [0.2, 0.25) is 0 Å². The van der Waals surface area contributed by atoms with Crippen LogP contribution in [0.3, 0.4) is 0 Å². The van der Waals surface area contributed by atoms with Crippen molar-refractivity contribution in [3.05, 3.63) is 0 Å². The van der Waals surface area contributed by atoms with Gasteiger partial charge in [-0.05, 0) is 12.8 Å². The number of likely N-dealkylation sites (tertiary alicyclic amines) is 1. The van der Waals surface area contributed by atoms with Gasteiger partial charge in [0.25, 0.3) is 0 Å². The molecule has 80 valence electrons. The van der Waals surface area contributed by atoms with E-state index >= 15 is 0 Å². The fourth-order valence-corrected chi connectivity index (χ4v) is 1.88. The van der Waals surface area contributed by atoms with E-state index in [-0.39, 0.29) is 11.3 Å². The number of carbonyl (C=O) groups is 2. The lowest BCUT2D eigenvalue weighted by Crippen LogP contribution is -2.38. The number of Topliss-reactive ketones (excluding diaryl/α,β-unsaturated/α-hetero) is 1. The molecule has 1 amide bonds. The number of piperidine rings is 1. The lowest BCUT2D eigenvalue weighted by Gasteiger charge is -2.31. The summed E-state index contributed by atoms with van der Waals surface area (Å²) in [5.41, 5.74) is -0.242. The summed E-state index contributed by atoms with van der Waals surface area (Å²) in [6.07, 6.45) is 2.53. The maximum atomic E-state index is 11.9. The van der Waals surface area contributed by atoms with Gasteiger partial charge in [0.05, 0.1) is 0 Å². The van der Waals surface area contributed by atoms with Gasteiger partial charge in [-0.1, -0.05) is 20.8 Å². The fourth-order valence-electron chi connectivity index (χ4n) is 1.88. The smallest absolute Gasteiger partial charge is 0.209 e. The van der Waals surface area contributed by atoms with Crippen LogP contribution in [0.4, 0.5) is 0 Å². The average Bonchev–Trinajstić information content (AvgIpc) is 2.15. The van der Waals surface area contributed by atoms with Gasteiger partial charge in [0.1, 0.15) is 5.78 Å². The van der Waals surface area contributed by atoms with Gasteiger partial charge in [-0.15, -0.1) is 0 Å². The van der Waals surface area contributed by atoms with E-state index in [1.807, 2.05) is 20.8 Å². The Morgan fingerprint density at radius 1 is 1.29 bits per heavy atom. The van der Waals surface area contributed by atoms with Crippen LogP contribution in [0.15, 0.2) is 0 Å². The second-order valence-electron chi connectivity index (χ2n) is 5.03. The summed E-state index contributed by atoms with van der Waals surface area (Å²) < 4.78 is 0. The van der Waals surface area contributed by atoms with E-state index < -0.39 is 0 Å². The van der Waals surface area contributed by atoms with E-state index in [4.69, 9.17) is 0 Å². The molecule has 1 heterocycles. The van der Waals surface area contributed by atoms with Gasteiger partial charge in [0, 0.05) is 24.4 Å². The number of amides is 1. The Morgan fingerprint density at radius 2 is 1.79 bits per heavy atom. The lowest BCUT2D eigenvalue weighted by atomic mass is 9.79. The van der Waals surface area contributed by atoms with E-state index in [2.05, 4.69) is 0 Å². The first-order valence-electron chi connectivity index (χ1n) is 5.19. The van der Waals surface area contributed by atoms with Crippen molar-refractivity contribution < 1.29 is 9.59 Å². The Balaban J connectivity index is 2.50. The summed E-state index contributed by atoms with van der Waals surface area (Å²) in [6.45, 7) is 7.34. The van der Waals surface area contributed by atoms with Crippen LogP contribution >= 0.6 is 0 Å². The molecule has 0 bridgehead atoms. The summed E-state index contributed by atoms with van der Waals surface area (Å²) in [7, 11) is 0. The molecule has 0 saturated carbocycles. The Hall–Kier alpha value is -0.860. The molecule has 0 aromatic carbocycles. The van der Waals surface area contributed by atoms with Crippen LogP contribution in [0.1, 0.15) is 33.6 Å². The van der Waals surface area contributed by atoms with Gasteiger partial charge < -0.3 is 4.90 Å². The maximum absolute atomic E-state index is 11.9. The third-order valence-corrected chi connectivity index (χ3v) is 2.79. The van der Waals surface area contributed by atoms with E-state index in [1.54, 1.807) is 4.90 Å². The molecule has 0 aliphatic carbocycles. The molecule has 0 N–H and O–H groups in total. The molecule has 0 aromatic heterocycles. The van der Waals surface area contributed by atoms with Crippen LogP contribution in [-0.2, 0) is 9.59 Å². The molecule has 0 aromatic rings. The molecule has 1 aliphatic heterocycles. The van der Waals surface area contributed by atoms with Gasteiger partial charge in [-0.25, -0.2) is 0 Å². The normalized spacial score (nSPS) is 19.5. The predicted molar refractivity (Wildman–Crippen MR) is 54.8 cm³/mol. The Kier molecular flexibility index (Phi) is 3.29. The molecular weight excluding hydrogens is 178 g/mol. The number of nitrogens with zero attached hydrogens (tertiary/aromatic N) is 1. The zero-order valence-corrected chi connectivity index (χ0v) is 9.25. The Bertz CT molecular complexity index is 222. The van der Waals surface area contributed by atoms with Gasteiger partial charge in [-0.3, -0.25) is 9.59 Å². The minimum Gasteiger partial charge on any atom is -0.345 e. The standard InChI is InChI=1S/C11H19NO2/c1-11(2,3)10(14)9-4-6-12(8-13)7-5-9/h8-9H,4-7H2,1-3H3. The highest BCUT2D eigenvalue weighted by molar-refractivity contribution is 5.86. The van der Waals surface area contributed by atoms with Gasteiger partial charge in [0.2, 0.25) is 6.41 Å². The van der Waals surface area contributed by atoms with Crippen LogP contribution in [0, 0.1) is 11.3 Å². The zero-order chi connectivity index (χ0) is 10.8. The predicted octanol–water partition coefficient (Wildman–Crippen LogP) is 1.47. The van der Waals surface area contributed by atoms with Crippen molar-refractivity contribution in [2.24, 2.45) is 11.3 Å². The molecule has 0 spiro atoms. The van der Waals surface area contributed by atoms with Gasteiger partial charge in [0.15, 0.2) is 0 Å². The monoisotopic (exact) mass is 197 g/mol. The van der Waals surface area contributed by atoms with Crippen molar-refractivity contribution in [1.82, 2.24) is 4.90 Å². The molecule has 0 atom stereocenters. The minimum atomic E-state index is -0.242. The van der Waals surface area contributed by atoms with E-state index in [0.717, 1.165) is 32.3 Å². The fraction of sp³-hybridized carbons (Fsp3) is 0.818. The number of hydrogen-bond acceptors (Lipinski definition) is 2. The number of ketones is 1. The second kappa shape index (κ2) is 4.11. The van der Waals surface area contributed by atoms with Crippen LogP contribution < -0.4 is 0 Å². The first-order valence-corrected chi connectivity index (χ1v) is 5.19. The Labute approximate surface area is 85.5 Å². The number of rotatable bonds is 2. The number of hydrogen-bond donors (Lipinski definition) is 0. The third kappa shape index (κ3) is 2.56. The molecule has 3 heteroatoms. The van der Waals surface area contributed by atoms with E-state index in [1.165, 1.54) is 0 Å². The van der Waals surface area contributed by atoms with Gasteiger partial charge in [-0.2, -0.15) is 0 Å². The first kappa shape index (κ1) is 11.2. The second-order valence-corrected chi connectivity index (χ2v) is 5.03. The van der Waals surface area contributed by atoms with E-state index in [9.17, 15) is 9.59 Å². The lowest BCUT2D eigenvalue weighted by molar-refractivity contribution is -0.133. The maximum Gasteiger partial charge on any atom is 0.209 e. The van der Waals surface area contributed by atoms with Crippen molar-refractivity contribution in [3.63, 3.8) is 0 Å². The topological polar surface area (TPSA) is 37.4 Å².